The highest BCUT2D eigenvalue weighted by Crippen LogP contribution is 2.08. The molecule has 0 saturated heterocycles. The first-order valence-electron chi connectivity index (χ1n) is 4.29. The minimum Gasteiger partial charge on any atom is -0.287 e. The quantitative estimate of drug-likeness (QED) is 0.759. The maximum absolute atomic E-state index is 4.08. The molecule has 0 spiro atoms. The Morgan fingerprint density at radius 3 is 3.08 bits per heavy atom. The molecule has 0 aromatic carbocycles. The van der Waals surface area contributed by atoms with Crippen LogP contribution in [0.1, 0.15) is 19.0 Å². The van der Waals surface area contributed by atoms with Gasteiger partial charge in [-0.2, -0.15) is 10.3 Å². The number of nitrogens with zero attached hydrogens (tertiary/aromatic N) is 4. The van der Waals surface area contributed by atoms with Gasteiger partial charge in [-0.25, -0.2) is 4.98 Å². The molecule has 0 atom stereocenters. The lowest BCUT2D eigenvalue weighted by molar-refractivity contribution is 0.851. The minimum atomic E-state index is 0.847. The monoisotopic (exact) mass is 177 g/mol. The third-order valence-electron chi connectivity index (χ3n) is 1.83. The predicted molar refractivity (Wildman–Crippen MR) is 47.5 cm³/mol. The molecule has 0 aliphatic rings. The zero-order valence-corrected chi connectivity index (χ0v) is 7.44. The number of imidazole rings is 1. The second-order valence-electron chi connectivity index (χ2n) is 2.81. The highest BCUT2D eigenvalue weighted by molar-refractivity contribution is 5.26. The van der Waals surface area contributed by atoms with Crippen molar-refractivity contribution in [3.8, 4) is 5.82 Å². The van der Waals surface area contributed by atoms with Crippen LogP contribution in [0.25, 0.3) is 5.82 Å². The van der Waals surface area contributed by atoms with Crippen molar-refractivity contribution in [2.45, 2.75) is 19.8 Å². The Morgan fingerprint density at radius 1 is 1.46 bits per heavy atom. The third kappa shape index (κ3) is 1.44. The zero-order valence-electron chi connectivity index (χ0n) is 7.44. The van der Waals surface area contributed by atoms with Gasteiger partial charge in [0, 0.05) is 12.4 Å². The number of aryl methyl sites for hydroxylation is 1. The molecular formula is C8H11N5. The van der Waals surface area contributed by atoms with Crippen molar-refractivity contribution in [1.82, 2.24) is 25.0 Å². The van der Waals surface area contributed by atoms with Crippen LogP contribution in [0.2, 0.25) is 0 Å². The van der Waals surface area contributed by atoms with E-state index in [1.54, 1.807) is 12.5 Å². The van der Waals surface area contributed by atoms with Gasteiger partial charge in [0.05, 0.1) is 0 Å². The number of hydrogen-bond acceptors (Lipinski definition) is 3. The highest BCUT2D eigenvalue weighted by Gasteiger charge is 2.07. The number of nitrogens with one attached hydrogen (secondary N) is 1. The lowest BCUT2D eigenvalue weighted by atomic mass is 10.2. The van der Waals surface area contributed by atoms with Crippen molar-refractivity contribution in [3.05, 3.63) is 24.4 Å². The molecule has 0 unspecified atom stereocenters. The summed E-state index contributed by atoms with van der Waals surface area (Å²) in [6, 6.07) is 0. The van der Waals surface area contributed by atoms with Crippen LogP contribution < -0.4 is 0 Å². The van der Waals surface area contributed by atoms with Gasteiger partial charge in [0.2, 0.25) is 0 Å². The van der Waals surface area contributed by atoms with Crippen LogP contribution in [0, 0.1) is 0 Å². The van der Waals surface area contributed by atoms with E-state index in [1.807, 2.05) is 10.8 Å². The van der Waals surface area contributed by atoms with Gasteiger partial charge < -0.3 is 0 Å². The Hall–Kier alpha value is -1.65. The van der Waals surface area contributed by atoms with Crippen molar-refractivity contribution < 1.29 is 0 Å². The molecule has 0 aliphatic heterocycles. The number of aromatic amines is 1. The Labute approximate surface area is 75.8 Å². The summed E-state index contributed by atoms with van der Waals surface area (Å²) >= 11 is 0. The molecule has 2 aromatic heterocycles. The van der Waals surface area contributed by atoms with Crippen LogP contribution in [0.5, 0.6) is 0 Å². The number of H-pyrrole nitrogens is 1. The lowest BCUT2D eigenvalue weighted by Gasteiger charge is -1.97. The number of aromatic nitrogens is 5. The molecule has 0 saturated carbocycles. The van der Waals surface area contributed by atoms with E-state index in [9.17, 15) is 0 Å². The summed E-state index contributed by atoms with van der Waals surface area (Å²) in [6.07, 6.45) is 7.30. The molecule has 0 radical (unpaired) electrons. The minimum absolute atomic E-state index is 0.847. The first-order chi connectivity index (χ1) is 6.42. The van der Waals surface area contributed by atoms with Crippen molar-refractivity contribution >= 4 is 0 Å². The molecule has 5 heteroatoms. The fraction of sp³-hybridized carbons (Fsp3) is 0.375. The molecule has 0 amide bonds. The van der Waals surface area contributed by atoms with E-state index in [0.717, 1.165) is 24.4 Å². The predicted octanol–water partition coefficient (Wildman–Crippen LogP) is 0.943. The van der Waals surface area contributed by atoms with E-state index in [4.69, 9.17) is 0 Å². The first-order valence-corrected chi connectivity index (χ1v) is 4.29. The van der Waals surface area contributed by atoms with Crippen LogP contribution in [-0.2, 0) is 6.42 Å². The van der Waals surface area contributed by atoms with E-state index in [-0.39, 0.29) is 0 Å². The molecule has 68 valence electrons. The maximum atomic E-state index is 4.08. The van der Waals surface area contributed by atoms with Crippen LogP contribution in [0.15, 0.2) is 18.7 Å². The van der Waals surface area contributed by atoms with Gasteiger partial charge in [-0.1, -0.05) is 13.3 Å². The summed E-state index contributed by atoms with van der Waals surface area (Å²) in [5.41, 5.74) is 0.987. The van der Waals surface area contributed by atoms with Gasteiger partial charge in [-0.3, -0.25) is 4.57 Å². The van der Waals surface area contributed by atoms with E-state index in [0.29, 0.717) is 0 Å². The fourth-order valence-electron chi connectivity index (χ4n) is 1.24. The SMILES string of the molecule is CCCc1n[nH]nc1-n1ccnc1. The number of rotatable bonds is 3. The summed E-state index contributed by atoms with van der Waals surface area (Å²) in [5, 5.41) is 10.8. The summed E-state index contributed by atoms with van der Waals surface area (Å²) in [4.78, 5) is 3.96. The summed E-state index contributed by atoms with van der Waals surface area (Å²) in [6.45, 7) is 2.12. The Balaban J connectivity index is 2.35. The smallest absolute Gasteiger partial charge is 0.183 e. The van der Waals surface area contributed by atoms with Gasteiger partial charge >= 0.3 is 0 Å². The van der Waals surface area contributed by atoms with Crippen molar-refractivity contribution in [2.24, 2.45) is 0 Å². The molecule has 13 heavy (non-hydrogen) atoms. The molecular weight excluding hydrogens is 166 g/mol. The van der Waals surface area contributed by atoms with Crippen molar-refractivity contribution in [2.75, 3.05) is 0 Å². The Morgan fingerprint density at radius 2 is 2.38 bits per heavy atom. The first kappa shape index (κ1) is 7.97. The van der Waals surface area contributed by atoms with E-state index < -0.39 is 0 Å². The largest absolute Gasteiger partial charge is 0.287 e. The van der Waals surface area contributed by atoms with Gasteiger partial charge in [-0.05, 0) is 6.42 Å². The topological polar surface area (TPSA) is 59.4 Å². The maximum Gasteiger partial charge on any atom is 0.183 e. The van der Waals surface area contributed by atoms with Crippen LogP contribution >= 0.6 is 0 Å². The van der Waals surface area contributed by atoms with Crippen LogP contribution in [-0.4, -0.2) is 25.0 Å². The summed E-state index contributed by atoms with van der Waals surface area (Å²) < 4.78 is 1.86. The number of hydrogen-bond donors (Lipinski definition) is 1. The molecule has 2 heterocycles. The average Bonchev–Trinajstić information content (AvgIpc) is 2.71. The van der Waals surface area contributed by atoms with Gasteiger partial charge in [0.1, 0.15) is 12.0 Å². The fourth-order valence-corrected chi connectivity index (χ4v) is 1.24. The second kappa shape index (κ2) is 3.38. The average molecular weight is 177 g/mol. The van der Waals surface area contributed by atoms with E-state index >= 15 is 0 Å². The van der Waals surface area contributed by atoms with Gasteiger partial charge in [-0.15, -0.1) is 5.10 Å². The molecule has 0 bridgehead atoms. The standard InChI is InChI=1S/C8H11N5/c1-2-3-7-8(11-12-10-7)13-5-4-9-6-13/h4-6H,2-3H2,1H3,(H,10,11,12). The van der Waals surface area contributed by atoms with Gasteiger partial charge in [0.15, 0.2) is 5.82 Å². The summed E-state index contributed by atoms with van der Waals surface area (Å²) in [7, 11) is 0. The lowest BCUT2D eigenvalue weighted by Crippen LogP contribution is -1.96. The molecule has 2 aromatic rings. The molecule has 5 nitrogen and oxygen atoms in total. The zero-order chi connectivity index (χ0) is 9.10. The van der Waals surface area contributed by atoms with E-state index in [2.05, 4.69) is 27.3 Å². The van der Waals surface area contributed by atoms with Crippen LogP contribution in [0.4, 0.5) is 0 Å². The van der Waals surface area contributed by atoms with Crippen LogP contribution in [0.3, 0.4) is 0 Å². The van der Waals surface area contributed by atoms with Gasteiger partial charge in [0.25, 0.3) is 0 Å². The second-order valence-corrected chi connectivity index (χ2v) is 2.81. The van der Waals surface area contributed by atoms with Crippen molar-refractivity contribution in [1.29, 1.82) is 0 Å². The molecule has 2 rings (SSSR count). The Kier molecular flexibility index (Phi) is 2.08. The summed E-state index contributed by atoms with van der Waals surface area (Å²) in [5.74, 6) is 0.847. The van der Waals surface area contributed by atoms with E-state index in [1.165, 1.54) is 0 Å². The highest BCUT2D eigenvalue weighted by atomic mass is 15.4. The molecule has 0 aliphatic carbocycles. The van der Waals surface area contributed by atoms with Crippen molar-refractivity contribution in [3.63, 3.8) is 0 Å². The Bertz CT molecular complexity index is 362. The normalized spacial score (nSPS) is 10.5. The third-order valence-corrected chi connectivity index (χ3v) is 1.83. The molecule has 0 fully saturated rings. The molecule has 1 N–H and O–H groups in total.